The maximum atomic E-state index is 11.7. The standard InChI is InChI=1S/C13H21NO3/c1-3-4-9-14(13(16)17-2)10-11-7-5-6-8-12(11)15/h7H,3-6,8-10H2,1-2H3. The summed E-state index contributed by atoms with van der Waals surface area (Å²) < 4.78 is 4.73. The zero-order chi connectivity index (χ0) is 12.7. The van der Waals surface area contributed by atoms with E-state index in [9.17, 15) is 9.59 Å². The first-order valence-corrected chi connectivity index (χ1v) is 6.24. The van der Waals surface area contributed by atoms with Crippen LogP contribution in [0.3, 0.4) is 0 Å². The van der Waals surface area contributed by atoms with Crippen LogP contribution in [0.2, 0.25) is 0 Å². The number of methoxy groups -OCH3 is 1. The minimum Gasteiger partial charge on any atom is -0.453 e. The third-order valence-electron chi connectivity index (χ3n) is 2.93. The van der Waals surface area contributed by atoms with Gasteiger partial charge in [-0.05, 0) is 19.3 Å². The highest BCUT2D eigenvalue weighted by molar-refractivity contribution is 5.96. The summed E-state index contributed by atoms with van der Waals surface area (Å²) in [6.07, 6.45) is 6.01. The van der Waals surface area contributed by atoms with Crippen LogP contribution in [0.15, 0.2) is 11.6 Å². The number of hydrogen-bond donors (Lipinski definition) is 0. The fourth-order valence-corrected chi connectivity index (χ4v) is 1.88. The summed E-state index contributed by atoms with van der Waals surface area (Å²) in [5, 5.41) is 0. The van der Waals surface area contributed by atoms with Crippen LogP contribution in [0, 0.1) is 0 Å². The summed E-state index contributed by atoms with van der Waals surface area (Å²) in [5.74, 6) is 0.168. The quantitative estimate of drug-likeness (QED) is 0.740. The summed E-state index contributed by atoms with van der Waals surface area (Å²) in [5.41, 5.74) is 0.762. The van der Waals surface area contributed by atoms with Crippen molar-refractivity contribution in [3.63, 3.8) is 0 Å². The molecule has 0 aromatic carbocycles. The lowest BCUT2D eigenvalue weighted by atomic mass is 9.98. The normalized spacial score (nSPS) is 15.4. The number of carbonyl (C=O) groups is 2. The highest BCUT2D eigenvalue weighted by Crippen LogP contribution is 2.15. The first-order chi connectivity index (χ1) is 8.19. The lowest BCUT2D eigenvalue weighted by molar-refractivity contribution is -0.116. The van der Waals surface area contributed by atoms with E-state index < -0.39 is 0 Å². The number of Topliss-reactive ketones (excluding diaryl/α,β-unsaturated/α-hetero) is 1. The van der Waals surface area contributed by atoms with Gasteiger partial charge in [-0.3, -0.25) is 4.79 Å². The van der Waals surface area contributed by atoms with Crippen LogP contribution in [0.4, 0.5) is 4.79 Å². The van der Waals surface area contributed by atoms with Gasteiger partial charge in [0, 0.05) is 18.5 Å². The Morgan fingerprint density at radius 2 is 2.29 bits per heavy atom. The molecule has 4 nitrogen and oxygen atoms in total. The lowest BCUT2D eigenvalue weighted by Gasteiger charge is -2.23. The van der Waals surface area contributed by atoms with Crippen LogP contribution in [-0.4, -0.2) is 37.0 Å². The summed E-state index contributed by atoms with van der Waals surface area (Å²) >= 11 is 0. The molecule has 1 rings (SSSR count). The number of allylic oxidation sites excluding steroid dienone is 1. The van der Waals surface area contributed by atoms with Gasteiger partial charge in [-0.15, -0.1) is 0 Å². The number of rotatable bonds is 5. The van der Waals surface area contributed by atoms with Crippen LogP contribution >= 0.6 is 0 Å². The average Bonchev–Trinajstić information content (AvgIpc) is 2.35. The van der Waals surface area contributed by atoms with E-state index in [1.807, 2.05) is 6.08 Å². The molecule has 0 bridgehead atoms. The average molecular weight is 239 g/mol. The van der Waals surface area contributed by atoms with E-state index in [1.165, 1.54) is 7.11 Å². The molecule has 0 N–H and O–H groups in total. The van der Waals surface area contributed by atoms with Crippen molar-refractivity contribution >= 4 is 11.9 Å². The van der Waals surface area contributed by atoms with Crippen molar-refractivity contribution in [3.8, 4) is 0 Å². The minimum atomic E-state index is -0.349. The van der Waals surface area contributed by atoms with Crippen molar-refractivity contribution in [2.75, 3.05) is 20.2 Å². The molecule has 1 amide bonds. The van der Waals surface area contributed by atoms with Gasteiger partial charge in [-0.25, -0.2) is 4.79 Å². The van der Waals surface area contributed by atoms with E-state index >= 15 is 0 Å². The van der Waals surface area contributed by atoms with Gasteiger partial charge in [0.2, 0.25) is 0 Å². The zero-order valence-electron chi connectivity index (χ0n) is 10.7. The van der Waals surface area contributed by atoms with Gasteiger partial charge in [0.1, 0.15) is 0 Å². The van der Waals surface area contributed by atoms with Gasteiger partial charge in [0.05, 0.1) is 13.7 Å². The molecule has 0 atom stereocenters. The van der Waals surface area contributed by atoms with Gasteiger partial charge >= 0.3 is 6.09 Å². The zero-order valence-corrected chi connectivity index (χ0v) is 10.7. The van der Waals surface area contributed by atoms with Crippen molar-refractivity contribution in [2.24, 2.45) is 0 Å². The molecule has 17 heavy (non-hydrogen) atoms. The number of nitrogens with zero attached hydrogens (tertiary/aromatic N) is 1. The molecule has 4 heteroatoms. The maximum Gasteiger partial charge on any atom is 0.409 e. The molecular formula is C13H21NO3. The van der Waals surface area contributed by atoms with E-state index in [0.29, 0.717) is 19.5 Å². The predicted molar refractivity (Wildman–Crippen MR) is 65.8 cm³/mol. The highest BCUT2D eigenvalue weighted by atomic mass is 16.5. The second-order valence-corrected chi connectivity index (χ2v) is 4.29. The Kier molecular flexibility index (Phi) is 5.73. The molecule has 0 fully saturated rings. The Balaban J connectivity index is 2.61. The number of ketones is 1. The molecule has 0 unspecified atom stereocenters. The Labute approximate surface area is 103 Å². The fraction of sp³-hybridized carbons (Fsp3) is 0.692. The number of carbonyl (C=O) groups excluding carboxylic acids is 2. The van der Waals surface area contributed by atoms with Crippen molar-refractivity contribution in [1.82, 2.24) is 4.90 Å². The lowest BCUT2D eigenvalue weighted by Crippen LogP contribution is -2.35. The Bertz CT molecular complexity index is 310. The number of hydrogen-bond acceptors (Lipinski definition) is 3. The Morgan fingerprint density at radius 1 is 1.53 bits per heavy atom. The number of unbranched alkanes of at least 4 members (excludes halogenated alkanes) is 1. The van der Waals surface area contributed by atoms with E-state index in [-0.39, 0.29) is 11.9 Å². The third kappa shape index (κ3) is 4.21. The van der Waals surface area contributed by atoms with Crippen molar-refractivity contribution in [3.05, 3.63) is 11.6 Å². The summed E-state index contributed by atoms with van der Waals surface area (Å²) in [6.45, 7) is 3.11. The second kappa shape index (κ2) is 7.09. The first kappa shape index (κ1) is 13.7. The van der Waals surface area contributed by atoms with Gasteiger partial charge in [-0.1, -0.05) is 19.4 Å². The van der Waals surface area contributed by atoms with Crippen LogP contribution in [0.1, 0.15) is 39.0 Å². The van der Waals surface area contributed by atoms with E-state index in [0.717, 1.165) is 31.3 Å². The third-order valence-corrected chi connectivity index (χ3v) is 2.93. The molecule has 0 spiro atoms. The van der Waals surface area contributed by atoms with Crippen molar-refractivity contribution < 1.29 is 14.3 Å². The van der Waals surface area contributed by atoms with Crippen molar-refractivity contribution in [2.45, 2.75) is 39.0 Å². The molecule has 0 aromatic rings. The van der Waals surface area contributed by atoms with E-state index in [1.54, 1.807) is 4.90 Å². The molecular weight excluding hydrogens is 218 g/mol. The SMILES string of the molecule is CCCCN(CC1=CCCCC1=O)C(=O)OC. The molecule has 1 aliphatic carbocycles. The van der Waals surface area contributed by atoms with Crippen LogP contribution < -0.4 is 0 Å². The fourth-order valence-electron chi connectivity index (χ4n) is 1.88. The van der Waals surface area contributed by atoms with Gasteiger partial charge in [0.25, 0.3) is 0 Å². The summed E-state index contributed by atoms with van der Waals surface area (Å²) in [7, 11) is 1.37. The van der Waals surface area contributed by atoms with Crippen molar-refractivity contribution in [1.29, 1.82) is 0 Å². The monoisotopic (exact) mass is 239 g/mol. The smallest absolute Gasteiger partial charge is 0.409 e. The maximum absolute atomic E-state index is 11.7. The van der Waals surface area contributed by atoms with Gasteiger partial charge in [-0.2, -0.15) is 0 Å². The topological polar surface area (TPSA) is 46.6 Å². The molecule has 0 saturated carbocycles. The molecule has 1 aliphatic rings. The van der Waals surface area contributed by atoms with Crippen LogP contribution in [-0.2, 0) is 9.53 Å². The molecule has 96 valence electrons. The summed E-state index contributed by atoms with van der Waals surface area (Å²) in [4.78, 5) is 24.8. The van der Waals surface area contributed by atoms with E-state index in [2.05, 4.69) is 6.92 Å². The molecule has 0 aromatic heterocycles. The predicted octanol–water partition coefficient (Wildman–Crippen LogP) is 2.53. The van der Waals surface area contributed by atoms with Gasteiger partial charge < -0.3 is 9.64 Å². The van der Waals surface area contributed by atoms with Crippen LogP contribution in [0.5, 0.6) is 0 Å². The second-order valence-electron chi connectivity index (χ2n) is 4.29. The molecule has 0 saturated heterocycles. The molecule has 0 radical (unpaired) electrons. The molecule has 0 aliphatic heterocycles. The van der Waals surface area contributed by atoms with Crippen LogP contribution in [0.25, 0.3) is 0 Å². The Hall–Kier alpha value is -1.32. The number of amides is 1. The highest BCUT2D eigenvalue weighted by Gasteiger charge is 2.20. The summed E-state index contributed by atoms with van der Waals surface area (Å²) in [6, 6.07) is 0. The Morgan fingerprint density at radius 3 is 2.88 bits per heavy atom. The number of ether oxygens (including phenoxy) is 1. The largest absolute Gasteiger partial charge is 0.453 e. The van der Waals surface area contributed by atoms with E-state index in [4.69, 9.17) is 4.74 Å². The minimum absolute atomic E-state index is 0.168. The first-order valence-electron chi connectivity index (χ1n) is 6.24. The van der Waals surface area contributed by atoms with Gasteiger partial charge in [0.15, 0.2) is 5.78 Å². The molecule has 0 heterocycles.